The Morgan fingerprint density at radius 1 is 1.04 bits per heavy atom. The fourth-order valence-corrected chi connectivity index (χ4v) is 4.38. The molecule has 0 amide bonds. The first-order valence-electron chi connectivity index (χ1n) is 7.56. The molecule has 1 atom stereocenters. The van der Waals surface area contributed by atoms with Gasteiger partial charge in [-0.2, -0.15) is 8.42 Å². The third kappa shape index (κ3) is 4.90. The molecule has 2 rings (SSSR count). The summed E-state index contributed by atoms with van der Waals surface area (Å²) in [6.07, 6.45) is -1.12. The molecule has 0 bridgehead atoms. The smallest absolute Gasteiger partial charge is 0.380 e. The van der Waals surface area contributed by atoms with Gasteiger partial charge in [-0.3, -0.25) is 9.12 Å². The van der Waals surface area contributed by atoms with Crippen molar-refractivity contribution in [2.75, 3.05) is 0 Å². The number of hydrogen-bond acceptors (Lipinski definition) is 4. The van der Waals surface area contributed by atoms with E-state index in [1.807, 2.05) is 6.07 Å². The molecule has 0 saturated carbocycles. The van der Waals surface area contributed by atoms with Crippen molar-refractivity contribution in [3.8, 4) is 11.5 Å². The molecule has 0 heterocycles. The van der Waals surface area contributed by atoms with E-state index >= 15 is 0 Å². The third-order valence-corrected chi connectivity index (χ3v) is 7.15. The summed E-state index contributed by atoms with van der Waals surface area (Å²) in [5.41, 5.74) is 0.654. The number of halogens is 1. The molecule has 1 unspecified atom stereocenters. The predicted octanol–water partition coefficient (Wildman–Crippen LogP) is 3.49. The molecule has 26 heavy (non-hydrogen) atoms. The van der Waals surface area contributed by atoms with Crippen molar-refractivity contribution in [2.24, 2.45) is 0 Å². The largest absolute Gasteiger partial charge is 0.457 e. The van der Waals surface area contributed by atoms with Crippen molar-refractivity contribution in [3.05, 3.63) is 60.2 Å². The number of para-hydroxylation sites is 1. The van der Waals surface area contributed by atoms with Gasteiger partial charge in [-0.1, -0.05) is 30.3 Å². The fourth-order valence-electron chi connectivity index (χ4n) is 2.32. The van der Waals surface area contributed by atoms with Crippen LogP contribution in [0.3, 0.4) is 0 Å². The zero-order valence-corrected chi connectivity index (χ0v) is 15.2. The Balaban J connectivity index is 2.06. The van der Waals surface area contributed by atoms with Crippen LogP contribution in [0.15, 0.2) is 54.6 Å². The number of aryl methyl sites for hydroxylation is 1. The molecule has 0 spiro atoms. The van der Waals surface area contributed by atoms with Gasteiger partial charge in [-0.15, -0.1) is 0 Å². The molecular weight excluding hydrogens is 386 g/mol. The Bertz CT molecular complexity index is 898. The summed E-state index contributed by atoms with van der Waals surface area (Å²) in [5.74, 6) is 1.12. The van der Waals surface area contributed by atoms with Gasteiger partial charge >= 0.3 is 22.5 Å². The maximum atomic E-state index is 14.2. The first-order valence-corrected chi connectivity index (χ1v) is 10.6. The van der Waals surface area contributed by atoms with E-state index in [0.29, 0.717) is 17.1 Å². The number of ether oxygens (including phenoxy) is 1. The highest BCUT2D eigenvalue weighted by atomic mass is 32.2. The predicted molar refractivity (Wildman–Crippen MR) is 93.3 cm³/mol. The number of alkyl halides is 1. The lowest BCUT2D eigenvalue weighted by Gasteiger charge is -2.22. The Kier molecular flexibility index (Phi) is 6.21. The van der Waals surface area contributed by atoms with Crippen LogP contribution in [0.25, 0.3) is 0 Å². The van der Waals surface area contributed by atoms with Crippen molar-refractivity contribution in [1.82, 2.24) is 0 Å². The molecule has 0 radical (unpaired) electrons. The lowest BCUT2D eigenvalue weighted by Crippen LogP contribution is -2.33. The number of benzene rings is 2. The molecule has 2 aromatic carbocycles. The maximum Gasteiger partial charge on any atom is 0.380 e. The molecule has 0 saturated heterocycles. The Morgan fingerprint density at radius 3 is 2.23 bits per heavy atom. The van der Waals surface area contributed by atoms with E-state index in [1.54, 1.807) is 48.5 Å². The summed E-state index contributed by atoms with van der Waals surface area (Å²) >= 11 is 0. The number of rotatable bonds is 8. The van der Waals surface area contributed by atoms with Crippen molar-refractivity contribution >= 4 is 17.7 Å². The molecule has 3 N–H and O–H groups in total. The summed E-state index contributed by atoms with van der Waals surface area (Å²) in [5, 5.41) is 0. The van der Waals surface area contributed by atoms with E-state index in [-0.39, 0.29) is 12.8 Å². The van der Waals surface area contributed by atoms with Gasteiger partial charge in [0.2, 0.25) is 0 Å². The quantitative estimate of drug-likeness (QED) is 0.455. The normalized spacial score (nSPS) is 14.6. The van der Waals surface area contributed by atoms with Gasteiger partial charge in [0, 0.05) is 6.42 Å². The van der Waals surface area contributed by atoms with Crippen LogP contribution in [0.4, 0.5) is 4.39 Å². The average Bonchev–Trinajstić information content (AvgIpc) is 2.54. The van der Waals surface area contributed by atoms with Crippen molar-refractivity contribution < 1.29 is 36.4 Å². The molecule has 0 aliphatic carbocycles. The van der Waals surface area contributed by atoms with E-state index in [4.69, 9.17) is 19.1 Å². The molecule has 0 fully saturated rings. The SMILES string of the molecule is O=P(O)(O)C(F)(CCCc1cccc(Oc2ccccc2)c1)S(=O)(=O)O. The van der Waals surface area contributed by atoms with E-state index in [9.17, 15) is 17.4 Å². The van der Waals surface area contributed by atoms with Gasteiger partial charge in [0.25, 0.3) is 0 Å². The summed E-state index contributed by atoms with van der Waals surface area (Å²) in [4.78, 5) is 17.9. The van der Waals surface area contributed by atoms with Gasteiger partial charge in [-0.25, -0.2) is 4.39 Å². The number of hydrogen-bond donors (Lipinski definition) is 3. The molecule has 2 aromatic rings. The zero-order valence-electron chi connectivity index (χ0n) is 13.5. The van der Waals surface area contributed by atoms with E-state index in [2.05, 4.69) is 0 Å². The minimum absolute atomic E-state index is 0.132. The Hall–Kier alpha value is -1.77. The first-order chi connectivity index (χ1) is 12.0. The molecule has 10 heteroatoms. The topological polar surface area (TPSA) is 121 Å². The van der Waals surface area contributed by atoms with Crippen molar-refractivity contribution in [2.45, 2.75) is 24.0 Å². The van der Waals surface area contributed by atoms with E-state index in [0.717, 1.165) is 0 Å². The maximum absolute atomic E-state index is 14.2. The zero-order chi connectivity index (χ0) is 19.4. The highest BCUT2D eigenvalue weighted by molar-refractivity contribution is 7.94. The highest BCUT2D eigenvalue weighted by Crippen LogP contribution is 2.57. The van der Waals surface area contributed by atoms with Crippen LogP contribution in [0.1, 0.15) is 18.4 Å². The van der Waals surface area contributed by atoms with Crippen LogP contribution < -0.4 is 4.74 Å². The molecule has 142 valence electrons. The van der Waals surface area contributed by atoms with Crippen LogP contribution in [0.2, 0.25) is 0 Å². The standard InChI is InChI=1S/C16H18FO7PS/c17-16(25(18,19)20,26(21,22)23)11-5-7-13-6-4-10-15(12-13)24-14-8-2-1-3-9-14/h1-4,6,8-10,12H,5,7,11H2,(H2,18,19,20)(H,21,22,23). The molecule has 0 aliphatic rings. The van der Waals surface area contributed by atoms with Crippen LogP contribution in [0, 0.1) is 0 Å². The van der Waals surface area contributed by atoms with Gasteiger partial charge < -0.3 is 14.5 Å². The average molecular weight is 404 g/mol. The third-order valence-electron chi connectivity index (χ3n) is 3.66. The van der Waals surface area contributed by atoms with Crippen molar-refractivity contribution in [1.29, 1.82) is 0 Å². The monoisotopic (exact) mass is 404 g/mol. The molecule has 7 nitrogen and oxygen atoms in total. The molecular formula is C16H18FO7PS. The van der Waals surface area contributed by atoms with Gasteiger partial charge in [0.15, 0.2) is 0 Å². The van der Waals surface area contributed by atoms with Crippen LogP contribution in [0.5, 0.6) is 11.5 Å². The van der Waals surface area contributed by atoms with Gasteiger partial charge in [-0.05, 0) is 42.7 Å². The summed E-state index contributed by atoms with van der Waals surface area (Å²) in [6, 6.07) is 15.7. The van der Waals surface area contributed by atoms with Crippen LogP contribution >= 0.6 is 7.60 Å². The van der Waals surface area contributed by atoms with Gasteiger partial charge in [0.05, 0.1) is 0 Å². The fraction of sp³-hybridized carbons (Fsp3) is 0.250. The summed E-state index contributed by atoms with van der Waals surface area (Å²) < 4.78 is 58.0. The first kappa shape index (κ1) is 20.5. The highest BCUT2D eigenvalue weighted by Gasteiger charge is 2.58. The Morgan fingerprint density at radius 2 is 1.65 bits per heavy atom. The second-order valence-electron chi connectivity index (χ2n) is 5.62. The minimum atomic E-state index is -5.72. The van der Waals surface area contributed by atoms with E-state index in [1.165, 1.54) is 0 Å². The van der Waals surface area contributed by atoms with Crippen LogP contribution in [-0.2, 0) is 21.1 Å². The lowest BCUT2D eigenvalue weighted by molar-refractivity contribution is 0.241. The summed E-state index contributed by atoms with van der Waals surface area (Å²) in [6.45, 7) is 0. The summed E-state index contributed by atoms with van der Waals surface area (Å²) in [7, 11) is -11.3. The van der Waals surface area contributed by atoms with E-state index < -0.39 is 28.9 Å². The second-order valence-corrected chi connectivity index (χ2v) is 9.32. The lowest BCUT2D eigenvalue weighted by atomic mass is 10.1. The van der Waals surface area contributed by atoms with Gasteiger partial charge in [0.1, 0.15) is 11.5 Å². The Labute approximate surface area is 150 Å². The molecule has 0 aliphatic heterocycles. The van der Waals surface area contributed by atoms with Crippen LogP contribution in [-0.4, -0.2) is 27.5 Å². The molecule has 0 aromatic heterocycles. The second kappa shape index (κ2) is 7.85. The van der Waals surface area contributed by atoms with Crippen molar-refractivity contribution in [3.63, 3.8) is 0 Å². The minimum Gasteiger partial charge on any atom is -0.457 e.